The molecule has 0 radical (unpaired) electrons. The van der Waals surface area contributed by atoms with Crippen LogP contribution in [0.2, 0.25) is 0 Å². The van der Waals surface area contributed by atoms with Crippen LogP contribution >= 0.6 is 0 Å². The number of fused-ring (bicyclic) bond motifs is 2. The average Bonchev–Trinajstić information content (AvgIpc) is 2.81. The van der Waals surface area contributed by atoms with Crippen LogP contribution in [-0.4, -0.2) is 17.1 Å². The van der Waals surface area contributed by atoms with Crippen molar-refractivity contribution in [2.75, 3.05) is 17.7 Å². The first-order valence-corrected chi connectivity index (χ1v) is 7.69. The maximum atomic E-state index is 13.4. The zero-order valence-corrected chi connectivity index (χ0v) is 13.4. The normalized spacial score (nSPS) is 12.1. The molecule has 0 unspecified atom stereocenters. The van der Waals surface area contributed by atoms with Crippen LogP contribution in [-0.2, 0) is 6.54 Å². The largest absolute Gasteiger partial charge is 0.497 e. The highest BCUT2D eigenvalue weighted by atomic mass is 19.1. The van der Waals surface area contributed by atoms with Crippen molar-refractivity contribution in [2.24, 2.45) is 0 Å². The molecule has 0 saturated heterocycles. The highest BCUT2D eigenvalue weighted by Crippen LogP contribution is 2.39. The van der Waals surface area contributed by atoms with Gasteiger partial charge in [-0.1, -0.05) is 6.07 Å². The van der Waals surface area contributed by atoms with Crippen molar-refractivity contribution in [1.82, 2.24) is 9.97 Å². The molecular weight excluding hydrogens is 323 g/mol. The molecule has 0 saturated carbocycles. The van der Waals surface area contributed by atoms with Gasteiger partial charge in [0.05, 0.1) is 7.11 Å². The predicted molar refractivity (Wildman–Crippen MR) is 92.1 cm³/mol. The third-order valence-corrected chi connectivity index (χ3v) is 3.83. The van der Waals surface area contributed by atoms with E-state index in [4.69, 9.17) is 9.47 Å². The molecule has 1 aromatic heterocycles. The Kier molecular flexibility index (Phi) is 3.81. The number of aromatic nitrogens is 2. The van der Waals surface area contributed by atoms with E-state index in [9.17, 15) is 4.39 Å². The van der Waals surface area contributed by atoms with E-state index in [0.29, 0.717) is 35.4 Å². The minimum atomic E-state index is -0.325. The molecule has 126 valence electrons. The van der Waals surface area contributed by atoms with Crippen LogP contribution in [0.3, 0.4) is 0 Å². The van der Waals surface area contributed by atoms with Crippen molar-refractivity contribution in [1.29, 1.82) is 0 Å². The number of nitrogens with one attached hydrogen (secondary N) is 2. The first kappa shape index (κ1) is 15.2. The monoisotopic (exact) mass is 338 g/mol. The second kappa shape index (κ2) is 6.27. The number of benzene rings is 2. The van der Waals surface area contributed by atoms with Gasteiger partial charge in [-0.25, -0.2) is 9.37 Å². The summed E-state index contributed by atoms with van der Waals surface area (Å²) >= 11 is 0. The average molecular weight is 338 g/mol. The van der Waals surface area contributed by atoms with E-state index in [2.05, 4.69) is 20.6 Å². The van der Waals surface area contributed by atoms with E-state index in [1.807, 2.05) is 18.2 Å². The van der Waals surface area contributed by atoms with E-state index in [1.54, 1.807) is 19.2 Å². The van der Waals surface area contributed by atoms with Gasteiger partial charge < -0.3 is 20.1 Å². The Balaban J connectivity index is 1.68. The maximum Gasteiger partial charge on any atom is 0.248 e. The number of anilines is 3. The summed E-state index contributed by atoms with van der Waals surface area (Å²) in [5, 5.41) is 6.37. The molecule has 2 heterocycles. The van der Waals surface area contributed by atoms with Gasteiger partial charge in [0.2, 0.25) is 5.88 Å². The van der Waals surface area contributed by atoms with Crippen molar-refractivity contribution < 1.29 is 13.9 Å². The molecule has 0 spiro atoms. The fraction of sp³-hybridized carbons (Fsp3) is 0.111. The number of ether oxygens (including phenoxy) is 2. The number of hydrogen-bond donors (Lipinski definition) is 2. The minimum Gasteiger partial charge on any atom is -0.497 e. The molecule has 1 aliphatic heterocycles. The highest BCUT2D eigenvalue weighted by Gasteiger charge is 2.20. The second-order valence-electron chi connectivity index (χ2n) is 5.47. The standard InChI is InChI=1S/C18H15FN4O2/c1-24-14-5-6-15-11(7-14)9-20-16-17(21-10-22-18(16)25-15)23-13-4-2-3-12(19)8-13/h2-8,10,20H,9H2,1H3,(H,21,22,23). The Morgan fingerprint density at radius 2 is 2.12 bits per heavy atom. The Labute approximate surface area is 143 Å². The van der Waals surface area contributed by atoms with Crippen LogP contribution < -0.4 is 20.1 Å². The van der Waals surface area contributed by atoms with Gasteiger partial charge in [-0.15, -0.1) is 0 Å². The summed E-state index contributed by atoms with van der Waals surface area (Å²) in [5.74, 6) is 2.03. The number of hydrogen-bond acceptors (Lipinski definition) is 6. The van der Waals surface area contributed by atoms with Crippen molar-refractivity contribution in [3.63, 3.8) is 0 Å². The Morgan fingerprint density at radius 1 is 1.20 bits per heavy atom. The zero-order chi connectivity index (χ0) is 17.2. The van der Waals surface area contributed by atoms with E-state index in [0.717, 1.165) is 11.3 Å². The SMILES string of the molecule is COc1ccc2c(c1)CNc1c(Nc3cccc(F)c3)ncnc1O2. The Morgan fingerprint density at radius 3 is 2.96 bits per heavy atom. The van der Waals surface area contributed by atoms with Crippen molar-refractivity contribution >= 4 is 17.2 Å². The number of rotatable bonds is 3. The lowest BCUT2D eigenvalue weighted by Gasteiger charge is -2.12. The lowest BCUT2D eigenvalue weighted by molar-refractivity contribution is 0.411. The summed E-state index contributed by atoms with van der Waals surface area (Å²) in [4.78, 5) is 8.44. The molecule has 0 aliphatic carbocycles. The Bertz CT molecular complexity index is 933. The van der Waals surface area contributed by atoms with Crippen LogP contribution in [0, 0.1) is 5.82 Å². The van der Waals surface area contributed by atoms with E-state index in [1.165, 1.54) is 18.5 Å². The van der Waals surface area contributed by atoms with Crippen molar-refractivity contribution in [3.8, 4) is 17.4 Å². The van der Waals surface area contributed by atoms with Crippen LogP contribution in [0.25, 0.3) is 0 Å². The molecule has 4 rings (SSSR count). The highest BCUT2D eigenvalue weighted by molar-refractivity contribution is 5.75. The van der Waals surface area contributed by atoms with Gasteiger partial charge in [0.15, 0.2) is 5.82 Å². The molecule has 7 heteroatoms. The predicted octanol–water partition coefficient (Wildman–Crippen LogP) is 4.09. The fourth-order valence-electron chi connectivity index (χ4n) is 2.61. The van der Waals surface area contributed by atoms with E-state index >= 15 is 0 Å². The molecular formula is C18H15FN4O2. The minimum absolute atomic E-state index is 0.325. The van der Waals surface area contributed by atoms with Crippen LogP contribution in [0.5, 0.6) is 17.4 Å². The molecule has 2 N–H and O–H groups in total. The summed E-state index contributed by atoms with van der Waals surface area (Å²) < 4.78 is 24.6. The zero-order valence-electron chi connectivity index (χ0n) is 13.4. The maximum absolute atomic E-state index is 13.4. The first-order valence-electron chi connectivity index (χ1n) is 7.69. The molecule has 25 heavy (non-hydrogen) atoms. The molecule has 1 aliphatic rings. The smallest absolute Gasteiger partial charge is 0.248 e. The van der Waals surface area contributed by atoms with Gasteiger partial charge in [0.25, 0.3) is 0 Å². The lowest BCUT2D eigenvalue weighted by Crippen LogP contribution is -2.04. The number of methoxy groups -OCH3 is 1. The molecule has 0 bridgehead atoms. The van der Waals surface area contributed by atoms with Crippen molar-refractivity contribution in [3.05, 3.63) is 60.2 Å². The first-order chi connectivity index (χ1) is 12.2. The number of nitrogens with zero attached hydrogens (tertiary/aromatic N) is 2. The van der Waals surface area contributed by atoms with Crippen LogP contribution in [0.15, 0.2) is 48.8 Å². The third-order valence-electron chi connectivity index (χ3n) is 3.83. The third kappa shape index (κ3) is 3.03. The topological polar surface area (TPSA) is 68.3 Å². The fourth-order valence-corrected chi connectivity index (χ4v) is 2.61. The van der Waals surface area contributed by atoms with Gasteiger partial charge in [-0.3, -0.25) is 0 Å². The van der Waals surface area contributed by atoms with E-state index < -0.39 is 0 Å². The molecule has 6 nitrogen and oxygen atoms in total. The van der Waals surface area contributed by atoms with Gasteiger partial charge in [-0.2, -0.15) is 4.98 Å². The van der Waals surface area contributed by atoms with Crippen molar-refractivity contribution in [2.45, 2.75) is 6.54 Å². The van der Waals surface area contributed by atoms with Gasteiger partial charge in [0, 0.05) is 17.8 Å². The molecule has 3 aromatic rings. The molecule has 0 amide bonds. The summed E-state index contributed by atoms with van der Waals surface area (Å²) in [6.07, 6.45) is 1.40. The van der Waals surface area contributed by atoms with Crippen LogP contribution in [0.1, 0.15) is 5.56 Å². The summed E-state index contributed by atoms with van der Waals surface area (Å²) in [5.41, 5.74) is 2.14. The molecule has 2 aromatic carbocycles. The van der Waals surface area contributed by atoms with Gasteiger partial charge in [-0.05, 0) is 36.4 Å². The summed E-state index contributed by atoms with van der Waals surface area (Å²) in [6, 6.07) is 11.7. The molecule has 0 atom stereocenters. The Hall–Kier alpha value is -3.35. The number of halogens is 1. The van der Waals surface area contributed by atoms with Gasteiger partial charge in [0.1, 0.15) is 29.3 Å². The quantitative estimate of drug-likeness (QED) is 0.750. The lowest BCUT2D eigenvalue weighted by atomic mass is 10.2. The van der Waals surface area contributed by atoms with Gasteiger partial charge >= 0.3 is 0 Å². The summed E-state index contributed by atoms with van der Waals surface area (Å²) in [6.45, 7) is 0.519. The van der Waals surface area contributed by atoms with E-state index in [-0.39, 0.29) is 5.82 Å². The molecule has 0 fully saturated rings. The second-order valence-corrected chi connectivity index (χ2v) is 5.47. The van der Waals surface area contributed by atoms with Crippen LogP contribution in [0.4, 0.5) is 21.6 Å². The summed E-state index contributed by atoms with van der Waals surface area (Å²) in [7, 11) is 1.62.